The maximum Gasteiger partial charge on any atom is 0.243 e. The van der Waals surface area contributed by atoms with Gasteiger partial charge in [0.1, 0.15) is 12.3 Å². The Bertz CT molecular complexity index is 957. The van der Waals surface area contributed by atoms with Crippen LogP contribution in [0.25, 0.3) is 11.4 Å². The summed E-state index contributed by atoms with van der Waals surface area (Å²) < 4.78 is 15.7. The summed E-state index contributed by atoms with van der Waals surface area (Å²) in [4.78, 5) is 13.4. The summed E-state index contributed by atoms with van der Waals surface area (Å²) in [6.45, 7) is 0.306. The van der Waals surface area contributed by atoms with Crippen LogP contribution in [0.4, 0.5) is 0 Å². The van der Waals surface area contributed by atoms with Gasteiger partial charge >= 0.3 is 0 Å². The predicted molar refractivity (Wildman–Crippen MR) is 101 cm³/mol. The molecule has 146 valence electrons. The minimum absolute atomic E-state index is 0.0374. The van der Waals surface area contributed by atoms with E-state index < -0.39 is 0 Å². The van der Waals surface area contributed by atoms with Crippen LogP contribution in [-0.4, -0.2) is 47.4 Å². The van der Waals surface area contributed by atoms with E-state index in [1.54, 1.807) is 33.5 Å². The molecule has 1 heterocycles. The second-order valence-electron chi connectivity index (χ2n) is 5.84. The molecule has 1 amide bonds. The first kappa shape index (κ1) is 19.2. The number of nitrogens with one attached hydrogen (secondary N) is 1. The Morgan fingerprint density at radius 2 is 1.86 bits per heavy atom. The highest BCUT2D eigenvalue weighted by Crippen LogP contribution is 2.27. The molecule has 3 rings (SSSR count). The zero-order chi connectivity index (χ0) is 19.9. The normalized spacial score (nSPS) is 10.4. The molecule has 0 bridgehead atoms. The molecule has 9 heteroatoms. The standard InChI is InChI=1S/C19H21N5O4/c1-26-15-6-4-5-14(10-15)19-21-23-24(22-19)12-18(25)20-11-13-7-8-16(27-2)17(9-13)28-3/h4-10H,11-12H2,1-3H3,(H,20,25). The smallest absolute Gasteiger partial charge is 0.243 e. The molecule has 9 nitrogen and oxygen atoms in total. The third kappa shape index (κ3) is 4.56. The fourth-order valence-electron chi connectivity index (χ4n) is 2.56. The van der Waals surface area contributed by atoms with Gasteiger partial charge in [0.05, 0.1) is 21.3 Å². The monoisotopic (exact) mass is 383 g/mol. The van der Waals surface area contributed by atoms with Crippen molar-refractivity contribution < 1.29 is 19.0 Å². The molecule has 1 aromatic heterocycles. The van der Waals surface area contributed by atoms with Gasteiger partial charge in [0.25, 0.3) is 0 Å². The van der Waals surface area contributed by atoms with Gasteiger partial charge in [0.15, 0.2) is 11.5 Å². The highest BCUT2D eigenvalue weighted by molar-refractivity contribution is 5.75. The zero-order valence-corrected chi connectivity index (χ0v) is 15.9. The molecule has 0 aliphatic heterocycles. The number of ether oxygens (including phenoxy) is 3. The highest BCUT2D eigenvalue weighted by Gasteiger charge is 2.11. The summed E-state index contributed by atoms with van der Waals surface area (Å²) in [5.41, 5.74) is 1.64. The van der Waals surface area contributed by atoms with Gasteiger partial charge in [-0.05, 0) is 35.0 Å². The minimum Gasteiger partial charge on any atom is -0.497 e. The van der Waals surface area contributed by atoms with Crippen molar-refractivity contribution in [3.63, 3.8) is 0 Å². The molecule has 0 saturated carbocycles. The van der Waals surface area contributed by atoms with E-state index in [9.17, 15) is 4.79 Å². The van der Waals surface area contributed by atoms with E-state index >= 15 is 0 Å². The maximum absolute atomic E-state index is 12.2. The summed E-state index contributed by atoms with van der Waals surface area (Å²) >= 11 is 0. The van der Waals surface area contributed by atoms with Gasteiger partial charge in [0, 0.05) is 12.1 Å². The molecular formula is C19H21N5O4. The Labute approximate surface area is 162 Å². The van der Waals surface area contributed by atoms with Crippen LogP contribution in [0.15, 0.2) is 42.5 Å². The molecule has 3 aromatic rings. The van der Waals surface area contributed by atoms with Crippen molar-refractivity contribution in [1.29, 1.82) is 0 Å². The average Bonchev–Trinajstić information content (AvgIpc) is 3.20. The Hall–Kier alpha value is -3.62. The van der Waals surface area contributed by atoms with Gasteiger partial charge in [-0.25, -0.2) is 0 Å². The second-order valence-corrected chi connectivity index (χ2v) is 5.84. The SMILES string of the molecule is COc1cccc(-c2nnn(CC(=O)NCc3ccc(OC)c(OC)c3)n2)c1. The quantitative estimate of drug-likeness (QED) is 0.632. The van der Waals surface area contributed by atoms with E-state index in [1.165, 1.54) is 4.80 Å². The van der Waals surface area contributed by atoms with Gasteiger partial charge in [-0.3, -0.25) is 4.79 Å². The first-order valence-corrected chi connectivity index (χ1v) is 8.52. The number of benzene rings is 2. The number of amides is 1. The fraction of sp³-hybridized carbons (Fsp3) is 0.263. The molecule has 0 atom stereocenters. The molecule has 0 aliphatic carbocycles. The number of tetrazole rings is 1. The van der Waals surface area contributed by atoms with Gasteiger partial charge in [-0.15, -0.1) is 10.2 Å². The first-order chi connectivity index (χ1) is 13.6. The van der Waals surface area contributed by atoms with Crippen molar-refractivity contribution in [2.45, 2.75) is 13.1 Å². The Morgan fingerprint density at radius 1 is 1.04 bits per heavy atom. The largest absolute Gasteiger partial charge is 0.497 e. The van der Waals surface area contributed by atoms with Crippen LogP contribution in [-0.2, 0) is 17.9 Å². The minimum atomic E-state index is -0.232. The molecule has 2 aromatic carbocycles. The van der Waals surface area contributed by atoms with E-state index in [1.807, 2.05) is 30.3 Å². The third-order valence-corrected chi connectivity index (χ3v) is 4.00. The van der Waals surface area contributed by atoms with Crippen molar-refractivity contribution in [3.05, 3.63) is 48.0 Å². The van der Waals surface area contributed by atoms with Gasteiger partial charge in [0.2, 0.25) is 11.7 Å². The van der Waals surface area contributed by atoms with Crippen LogP contribution in [0.5, 0.6) is 17.2 Å². The number of carbonyl (C=O) groups excluding carboxylic acids is 1. The van der Waals surface area contributed by atoms with Crippen molar-refractivity contribution in [3.8, 4) is 28.6 Å². The number of nitrogens with zero attached hydrogens (tertiary/aromatic N) is 4. The summed E-state index contributed by atoms with van der Waals surface area (Å²) in [6.07, 6.45) is 0. The molecule has 0 saturated heterocycles. The molecule has 28 heavy (non-hydrogen) atoms. The fourth-order valence-corrected chi connectivity index (χ4v) is 2.56. The molecule has 1 N–H and O–H groups in total. The van der Waals surface area contributed by atoms with Crippen LogP contribution in [0.1, 0.15) is 5.56 Å². The zero-order valence-electron chi connectivity index (χ0n) is 15.9. The van der Waals surface area contributed by atoms with Crippen molar-refractivity contribution in [2.75, 3.05) is 21.3 Å². The van der Waals surface area contributed by atoms with Crippen LogP contribution < -0.4 is 19.5 Å². The summed E-state index contributed by atoms with van der Waals surface area (Å²) in [5, 5.41) is 15.0. The van der Waals surface area contributed by atoms with E-state index in [4.69, 9.17) is 14.2 Å². The van der Waals surface area contributed by atoms with Gasteiger partial charge in [-0.2, -0.15) is 4.80 Å². The molecule has 0 fully saturated rings. The Kier molecular flexibility index (Phi) is 6.05. The van der Waals surface area contributed by atoms with E-state index in [-0.39, 0.29) is 12.5 Å². The maximum atomic E-state index is 12.2. The summed E-state index contributed by atoms with van der Waals surface area (Å²) in [5.74, 6) is 2.13. The van der Waals surface area contributed by atoms with Crippen molar-refractivity contribution in [1.82, 2.24) is 25.5 Å². The Balaban J connectivity index is 1.59. The molecule has 0 aliphatic rings. The number of hydrogen-bond acceptors (Lipinski definition) is 7. The van der Waals surface area contributed by atoms with Crippen LogP contribution in [0, 0.1) is 0 Å². The topological polar surface area (TPSA) is 100 Å². The van der Waals surface area contributed by atoms with Gasteiger partial charge < -0.3 is 19.5 Å². The van der Waals surface area contributed by atoms with E-state index in [0.717, 1.165) is 11.1 Å². The predicted octanol–water partition coefficient (Wildman–Crippen LogP) is 1.68. The van der Waals surface area contributed by atoms with E-state index in [2.05, 4.69) is 20.7 Å². The van der Waals surface area contributed by atoms with Crippen LogP contribution in [0.2, 0.25) is 0 Å². The third-order valence-electron chi connectivity index (χ3n) is 4.00. The number of hydrogen-bond donors (Lipinski definition) is 1. The van der Waals surface area contributed by atoms with E-state index in [0.29, 0.717) is 29.6 Å². The number of aromatic nitrogens is 4. The number of rotatable bonds is 8. The van der Waals surface area contributed by atoms with Crippen LogP contribution in [0.3, 0.4) is 0 Å². The summed E-state index contributed by atoms with van der Waals surface area (Å²) in [7, 11) is 4.73. The Morgan fingerprint density at radius 3 is 2.61 bits per heavy atom. The first-order valence-electron chi connectivity index (χ1n) is 8.52. The lowest BCUT2D eigenvalue weighted by atomic mass is 10.2. The van der Waals surface area contributed by atoms with Crippen molar-refractivity contribution >= 4 is 5.91 Å². The van der Waals surface area contributed by atoms with Crippen LogP contribution >= 0.6 is 0 Å². The average molecular weight is 383 g/mol. The lowest BCUT2D eigenvalue weighted by Crippen LogP contribution is -2.28. The lowest BCUT2D eigenvalue weighted by molar-refractivity contribution is -0.122. The summed E-state index contributed by atoms with van der Waals surface area (Å²) in [6, 6.07) is 12.8. The molecule has 0 unspecified atom stereocenters. The number of methoxy groups -OCH3 is 3. The second kappa shape index (κ2) is 8.85. The molecule has 0 radical (unpaired) electrons. The number of carbonyl (C=O) groups is 1. The highest BCUT2D eigenvalue weighted by atomic mass is 16.5. The molecular weight excluding hydrogens is 362 g/mol. The lowest BCUT2D eigenvalue weighted by Gasteiger charge is -2.10. The van der Waals surface area contributed by atoms with Gasteiger partial charge in [-0.1, -0.05) is 18.2 Å². The van der Waals surface area contributed by atoms with Crippen molar-refractivity contribution in [2.24, 2.45) is 0 Å². The molecule has 0 spiro atoms.